The Labute approximate surface area is 146 Å². The van der Waals surface area contributed by atoms with Gasteiger partial charge in [0.05, 0.1) is 6.54 Å². The number of rotatable bonds is 5. The van der Waals surface area contributed by atoms with Gasteiger partial charge < -0.3 is 19.9 Å². The zero-order chi connectivity index (χ0) is 16.2. The van der Waals surface area contributed by atoms with Crippen molar-refractivity contribution in [3.05, 3.63) is 23.8 Å². The van der Waals surface area contributed by atoms with Crippen molar-refractivity contribution in [2.24, 2.45) is 0 Å². The predicted molar refractivity (Wildman–Crippen MR) is 88.9 cm³/mol. The van der Waals surface area contributed by atoms with Gasteiger partial charge >= 0.3 is 5.97 Å². The van der Waals surface area contributed by atoms with Crippen molar-refractivity contribution in [2.45, 2.75) is 18.9 Å². The van der Waals surface area contributed by atoms with Gasteiger partial charge in [0.15, 0.2) is 11.5 Å². The van der Waals surface area contributed by atoms with Crippen LogP contribution in [0.15, 0.2) is 18.2 Å². The summed E-state index contributed by atoms with van der Waals surface area (Å²) in [5.74, 6) is 0.194. The number of amides is 1. The molecule has 2 heterocycles. The molecule has 2 aliphatic rings. The Morgan fingerprint density at radius 1 is 1.25 bits per heavy atom. The highest BCUT2D eigenvalue weighted by Crippen LogP contribution is 2.37. The van der Waals surface area contributed by atoms with E-state index in [0.717, 1.165) is 36.4 Å². The van der Waals surface area contributed by atoms with Crippen molar-refractivity contribution in [1.82, 2.24) is 10.2 Å². The molecule has 2 aliphatic heterocycles. The Bertz CT molecular complexity index is 610. The van der Waals surface area contributed by atoms with Crippen molar-refractivity contribution in [2.75, 3.05) is 32.8 Å². The molecule has 132 valence electrons. The number of hydrogen-bond acceptors (Lipinski definition) is 5. The average Bonchev–Trinajstić information content (AvgIpc) is 3.00. The van der Waals surface area contributed by atoms with Gasteiger partial charge in [-0.15, -0.1) is 12.4 Å². The third kappa shape index (κ3) is 4.30. The molecule has 1 saturated heterocycles. The van der Waals surface area contributed by atoms with E-state index in [9.17, 15) is 9.59 Å². The van der Waals surface area contributed by atoms with Gasteiger partial charge in [0.2, 0.25) is 5.91 Å². The monoisotopic (exact) mass is 356 g/mol. The second-order valence-electron chi connectivity index (χ2n) is 5.70. The lowest BCUT2D eigenvalue weighted by Gasteiger charge is -2.26. The molecule has 1 aromatic carbocycles. The van der Waals surface area contributed by atoms with Crippen LogP contribution in [0.1, 0.15) is 24.4 Å². The molecule has 1 fully saturated rings. The molecule has 24 heavy (non-hydrogen) atoms. The lowest BCUT2D eigenvalue weighted by atomic mass is 10.0. The third-order valence-electron chi connectivity index (χ3n) is 4.10. The summed E-state index contributed by atoms with van der Waals surface area (Å²) in [6.07, 6.45) is 1.97. The van der Waals surface area contributed by atoms with Crippen LogP contribution >= 0.6 is 12.4 Å². The van der Waals surface area contributed by atoms with E-state index in [-0.39, 0.29) is 37.4 Å². The largest absolute Gasteiger partial charge is 0.486 e. The van der Waals surface area contributed by atoms with Crippen LogP contribution in [-0.2, 0) is 9.59 Å². The maximum absolute atomic E-state index is 11.9. The number of nitrogens with zero attached hydrogens (tertiary/aromatic N) is 1. The molecule has 1 amide bonds. The number of carboxylic acid groups (broad SMARTS) is 1. The minimum Gasteiger partial charge on any atom is -0.486 e. The van der Waals surface area contributed by atoms with Crippen LogP contribution in [-0.4, -0.2) is 54.7 Å². The summed E-state index contributed by atoms with van der Waals surface area (Å²) in [5, 5.41) is 11.0. The molecule has 0 spiro atoms. The second-order valence-corrected chi connectivity index (χ2v) is 5.70. The fraction of sp³-hybridized carbons (Fsp3) is 0.500. The number of hydrogen-bond donors (Lipinski definition) is 2. The van der Waals surface area contributed by atoms with Crippen LogP contribution in [0.25, 0.3) is 0 Å². The highest BCUT2D eigenvalue weighted by Gasteiger charge is 2.28. The molecule has 3 rings (SSSR count). The van der Waals surface area contributed by atoms with E-state index in [4.69, 9.17) is 14.6 Å². The van der Waals surface area contributed by atoms with Crippen molar-refractivity contribution >= 4 is 24.3 Å². The number of carbonyl (C=O) groups excluding carboxylic acids is 1. The van der Waals surface area contributed by atoms with Gasteiger partial charge in [-0.05, 0) is 37.1 Å². The fourth-order valence-electron chi connectivity index (χ4n) is 3.07. The van der Waals surface area contributed by atoms with Gasteiger partial charge in [-0.25, -0.2) is 0 Å². The Morgan fingerprint density at radius 3 is 2.75 bits per heavy atom. The average molecular weight is 357 g/mol. The lowest BCUT2D eigenvalue weighted by Crippen LogP contribution is -2.39. The van der Waals surface area contributed by atoms with Gasteiger partial charge in [0, 0.05) is 6.04 Å². The quantitative estimate of drug-likeness (QED) is 0.824. The van der Waals surface area contributed by atoms with Crippen molar-refractivity contribution in [3.8, 4) is 11.5 Å². The Kier molecular flexibility index (Phi) is 6.28. The van der Waals surface area contributed by atoms with E-state index in [2.05, 4.69) is 10.2 Å². The Hall–Kier alpha value is -1.99. The number of nitrogens with one attached hydrogen (secondary N) is 1. The molecule has 0 bridgehead atoms. The van der Waals surface area contributed by atoms with Crippen molar-refractivity contribution in [3.63, 3.8) is 0 Å². The van der Waals surface area contributed by atoms with Crippen LogP contribution in [0.2, 0.25) is 0 Å². The molecule has 1 atom stereocenters. The first-order chi connectivity index (χ1) is 11.1. The first-order valence-corrected chi connectivity index (χ1v) is 7.75. The van der Waals surface area contributed by atoms with E-state index < -0.39 is 5.97 Å². The van der Waals surface area contributed by atoms with Gasteiger partial charge in [-0.1, -0.05) is 6.07 Å². The van der Waals surface area contributed by atoms with Gasteiger partial charge in [-0.3, -0.25) is 14.5 Å². The summed E-state index contributed by atoms with van der Waals surface area (Å²) >= 11 is 0. The van der Waals surface area contributed by atoms with Gasteiger partial charge in [-0.2, -0.15) is 0 Å². The number of carboxylic acids is 1. The molecule has 0 saturated carbocycles. The fourth-order valence-corrected chi connectivity index (χ4v) is 3.07. The van der Waals surface area contributed by atoms with E-state index in [1.54, 1.807) is 0 Å². The molecular weight excluding hydrogens is 336 g/mol. The smallest absolute Gasteiger partial charge is 0.322 e. The maximum Gasteiger partial charge on any atom is 0.322 e. The zero-order valence-corrected chi connectivity index (χ0v) is 14.0. The number of aliphatic carboxylic acids is 1. The van der Waals surface area contributed by atoms with Crippen LogP contribution in [0.5, 0.6) is 11.5 Å². The Balaban J connectivity index is 0.00000208. The van der Waals surface area contributed by atoms with E-state index >= 15 is 0 Å². The normalized spacial score (nSPS) is 19.4. The first-order valence-electron chi connectivity index (χ1n) is 7.75. The molecule has 8 heteroatoms. The molecule has 1 aromatic rings. The minimum atomic E-state index is -1.04. The molecule has 2 N–H and O–H groups in total. The molecule has 1 unspecified atom stereocenters. The second kappa shape index (κ2) is 8.21. The number of likely N-dealkylation sites (tertiary alicyclic amines) is 1. The molecule has 7 nitrogen and oxygen atoms in total. The summed E-state index contributed by atoms with van der Waals surface area (Å²) in [7, 11) is 0. The number of benzene rings is 1. The van der Waals surface area contributed by atoms with E-state index in [0.29, 0.717) is 13.2 Å². The molecular formula is C16H21ClN2O5. The number of carbonyl (C=O) groups is 2. The van der Waals surface area contributed by atoms with Crippen LogP contribution in [0.3, 0.4) is 0 Å². The number of fused-ring (bicyclic) bond motifs is 1. The number of ether oxygens (including phenoxy) is 2. The molecule has 0 radical (unpaired) electrons. The first kappa shape index (κ1) is 18.4. The molecule has 0 aliphatic carbocycles. The summed E-state index contributed by atoms with van der Waals surface area (Å²) in [4.78, 5) is 24.4. The summed E-state index contributed by atoms with van der Waals surface area (Å²) in [6.45, 7) is 1.78. The summed E-state index contributed by atoms with van der Waals surface area (Å²) in [5.41, 5.74) is 1.10. The van der Waals surface area contributed by atoms with Crippen LogP contribution in [0, 0.1) is 0 Å². The Morgan fingerprint density at radius 2 is 2.00 bits per heavy atom. The zero-order valence-electron chi connectivity index (χ0n) is 13.2. The van der Waals surface area contributed by atoms with E-state index in [1.165, 1.54) is 0 Å². The topological polar surface area (TPSA) is 88.1 Å². The number of halogens is 1. The van der Waals surface area contributed by atoms with Gasteiger partial charge in [0.1, 0.15) is 19.8 Å². The summed E-state index contributed by atoms with van der Waals surface area (Å²) in [6, 6.07) is 6.03. The van der Waals surface area contributed by atoms with E-state index in [1.807, 2.05) is 18.2 Å². The highest BCUT2D eigenvalue weighted by molar-refractivity contribution is 5.85. The SMILES string of the molecule is Cl.O=C(O)CNC(=O)CN1CCCC1c1ccc2c(c1)OCCO2. The maximum atomic E-state index is 11.9. The lowest BCUT2D eigenvalue weighted by molar-refractivity contribution is -0.138. The third-order valence-corrected chi connectivity index (χ3v) is 4.10. The molecule has 0 aromatic heterocycles. The predicted octanol–water partition coefficient (Wildman–Crippen LogP) is 1.22. The standard InChI is InChI=1S/C16H20N2O5.ClH/c19-15(17-9-16(20)21)10-18-5-1-2-12(18)11-3-4-13-14(8-11)23-7-6-22-13;/h3-4,8,12H,1-2,5-7,9-10H2,(H,17,19)(H,20,21);1H. The minimum absolute atomic E-state index is 0. The van der Waals surface area contributed by atoms with Gasteiger partial charge in [0.25, 0.3) is 0 Å². The van der Waals surface area contributed by atoms with Crippen LogP contribution < -0.4 is 14.8 Å². The van der Waals surface area contributed by atoms with Crippen LogP contribution in [0.4, 0.5) is 0 Å². The van der Waals surface area contributed by atoms with Crippen molar-refractivity contribution < 1.29 is 24.2 Å². The van der Waals surface area contributed by atoms with Crippen molar-refractivity contribution in [1.29, 1.82) is 0 Å². The highest BCUT2D eigenvalue weighted by atomic mass is 35.5. The summed E-state index contributed by atoms with van der Waals surface area (Å²) < 4.78 is 11.1.